The number of amides is 2. The Morgan fingerprint density at radius 2 is 2.31 bits per heavy atom. The maximum Gasteiger partial charge on any atom is 0.332 e. The van der Waals surface area contributed by atoms with Gasteiger partial charge in [-0.2, -0.15) is 5.10 Å². The van der Waals surface area contributed by atoms with Crippen LogP contribution in [-0.4, -0.2) is 11.7 Å². The highest BCUT2D eigenvalue weighted by Gasteiger charge is 2.39. The van der Waals surface area contributed by atoms with Crippen LogP contribution in [0.25, 0.3) is 0 Å². The van der Waals surface area contributed by atoms with E-state index in [1.165, 1.54) is 18.4 Å². The molecule has 0 aromatic heterocycles. The van der Waals surface area contributed by atoms with Crippen LogP contribution < -0.4 is 11.2 Å². The molecule has 3 N–H and O–H groups in total. The first-order valence-corrected chi connectivity index (χ1v) is 5.85. The third-order valence-electron chi connectivity index (χ3n) is 3.79. The Bertz CT molecular complexity index is 368. The summed E-state index contributed by atoms with van der Waals surface area (Å²) in [6.45, 7) is 4.36. The van der Waals surface area contributed by atoms with Gasteiger partial charge >= 0.3 is 6.03 Å². The molecule has 0 spiro atoms. The number of allylic oxidation sites excluding steroid dienone is 2. The molecule has 1 saturated carbocycles. The lowest BCUT2D eigenvalue weighted by Gasteiger charge is -2.37. The van der Waals surface area contributed by atoms with Crippen LogP contribution >= 0.6 is 0 Å². The van der Waals surface area contributed by atoms with Crippen molar-refractivity contribution in [2.75, 3.05) is 0 Å². The molecule has 4 nitrogen and oxygen atoms in total. The number of hydrazone groups is 1. The molecule has 4 heteroatoms. The summed E-state index contributed by atoms with van der Waals surface area (Å²) in [7, 11) is 0. The number of urea groups is 1. The third-order valence-corrected chi connectivity index (χ3v) is 3.79. The van der Waals surface area contributed by atoms with E-state index in [-0.39, 0.29) is 5.41 Å². The van der Waals surface area contributed by atoms with Crippen LogP contribution in [0.4, 0.5) is 4.79 Å². The van der Waals surface area contributed by atoms with Crippen molar-refractivity contribution in [3.05, 3.63) is 11.6 Å². The van der Waals surface area contributed by atoms with Crippen molar-refractivity contribution in [1.82, 2.24) is 5.43 Å². The topological polar surface area (TPSA) is 67.5 Å². The van der Waals surface area contributed by atoms with Crippen LogP contribution in [0.1, 0.15) is 39.5 Å². The SMILES string of the molecule is CC1(C)C2=CCCC2CCC1=NNC(N)=O. The van der Waals surface area contributed by atoms with Gasteiger partial charge in [-0.1, -0.05) is 25.5 Å². The molecule has 0 radical (unpaired) electrons. The zero-order chi connectivity index (χ0) is 11.8. The molecule has 0 aliphatic heterocycles. The van der Waals surface area contributed by atoms with Crippen molar-refractivity contribution in [2.24, 2.45) is 22.2 Å². The van der Waals surface area contributed by atoms with E-state index in [0.29, 0.717) is 0 Å². The lowest BCUT2D eigenvalue weighted by molar-refractivity contribution is 0.249. The van der Waals surface area contributed by atoms with Crippen LogP contribution in [0.5, 0.6) is 0 Å². The molecule has 0 saturated heterocycles. The highest BCUT2D eigenvalue weighted by molar-refractivity contribution is 5.94. The van der Waals surface area contributed by atoms with Gasteiger partial charge in [-0.05, 0) is 31.6 Å². The van der Waals surface area contributed by atoms with Crippen molar-refractivity contribution in [3.63, 3.8) is 0 Å². The average molecular weight is 221 g/mol. The monoisotopic (exact) mass is 221 g/mol. The van der Waals surface area contributed by atoms with E-state index in [1.54, 1.807) is 0 Å². The smallest absolute Gasteiger partial charge is 0.332 e. The van der Waals surface area contributed by atoms with Crippen molar-refractivity contribution in [2.45, 2.75) is 39.5 Å². The van der Waals surface area contributed by atoms with Gasteiger partial charge < -0.3 is 5.73 Å². The van der Waals surface area contributed by atoms with Crippen molar-refractivity contribution in [3.8, 4) is 0 Å². The summed E-state index contributed by atoms with van der Waals surface area (Å²) in [6, 6.07) is -0.592. The van der Waals surface area contributed by atoms with E-state index in [2.05, 4.69) is 30.5 Å². The minimum absolute atomic E-state index is 0.0259. The Morgan fingerprint density at radius 1 is 1.56 bits per heavy atom. The fraction of sp³-hybridized carbons (Fsp3) is 0.667. The van der Waals surface area contributed by atoms with Gasteiger partial charge in [-0.25, -0.2) is 10.2 Å². The number of hydrogen-bond donors (Lipinski definition) is 2. The van der Waals surface area contributed by atoms with Crippen LogP contribution in [0, 0.1) is 11.3 Å². The molecule has 2 aliphatic rings. The van der Waals surface area contributed by atoms with E-state index in [4.69, 9.17) is 5.73 Å². The second kappa shape index (κ2) is 3.92. The molecule has 0 bridgehead atoms. The number of rotatable bonds is 1. The van der Waals surface area contributed by atoms with Gasteiger partial charge in [0.15, 0.2) is 0 Å². The highest BCUT2D eigenvalue weighted by Crippen LogP contribution is 2.46. The first-order valence-electron chi connectivity index (χ1n) is 5.85. The molecule has 88 valence electrons. The summed E-state index contributed by atoms with van der Waals surface area (Å²) in [4.78, 5) is 10.7. The van der Waals surface area contributed by atoms with Crippen molar-refractivity contribution >= 4 is 11.7 Å². The minimum Gasteiger partial charge on any atom is -0.350 e. The molecule has 16 heavy (non-hydrogen) atoms. The molecule has 1 unspecified atom stereocenters. The van der Waals surface area contributed by atoms with Gasteiger partial charge in [0.25, 0.3) is 0 Å². The standard InChI is InChI=1S/C12H19N3O/c1-12(2)9-5-3-4-8(9)6-7-10(12)14-15-11(13)16/h5,8H,3-4,6-7H2,1-2H3,(H3,13,15,16). The van der Waals surface area contributed by atoms with Crippen LogP contribution in [0.2, 0.25) is 0 Å². The number of hydrogen-bond acceptors (Lipinski definition) is 2. The molecule has 0 aromatic carbocycles. The fourth-order valence-corrected chi connectivity index (χ4v) is 2.94. The second-order valence-electron chi connectivity index (χ2n) is 5.13. The zero-order valence-corrected chi connectivity index (χ0v) is 9.92. The van der Waals surface area contributed by atoms with Gasteiger partial charge in [0.2, 0.25) is 0 Å². The maximum atomic E-state index is 10.7. The second-order valence-corrected chi connectivity index (χ2v) is 5.13. The number of nitrogens with one attached hydrogen (secondary N) is 1. The zero-order valence-electron chi connectivity index (χ0n) is 9.92. The Morgan fingerprint density at radius 3 is 3.00 bits per heavy atom. The predicted molar refractivity (Wildman–Crippen MR) is 64.0 cm³/mol. The lowest BCUT2D eigenvalue weighted by atomic mass is 9.68. The molecule has 2 rings (SSSR count). The molecule has 0 aromatic rings. The first-order chi connectivity index (χ1) is 7.51. The Hall–Kier alpha value is -1.32. The Labute approximate surface area is 96.0 Å². The van der Waals surface area contributed by atoms with Gasteiger partial charge in [0.1, 0.15) is 0 Å². The number of nitrogens with two attached hydrogens (primary N) is 1. The predicted octanol–water partition coefficient (Wildman–Crippen LogP) is 2.17. The number of primary amides is 1. The highest BCUT2D eigenvalue weighted by atomic mass is 16.2. The fourth-order valence-electron chi connectivity index (χ4n) is 2.94. The number of carbonyl (C=O) groups excluding carboxylic acids is 1. The first kappa shape index (κ1) is 11.2. The van der Waals surface area contributed by atoms with E-state index in [0.717, 1.165) is 24.5 Å². The molecule has 1 fully saturated rings. The molecule has 1 atom stereocenters. The van der Waals surface area contributed by atoms with E-state index in [9.17, 15) is 4.79 Å². The number of fused-ring (bicyclic) bond motifs is 1. The van der Waals surface area contributed by atoms with E-state index in [1.807, 2.05) is 0 Å². The molecule has 0 heterocycles. The lowest BCUT2D eigenvalue weighted by Crippen LogP contribution is -2.37. The summed E-state index contributed by atoms with van der Waals surface area (Å²) >= 11 is 0. The van der Waals surface area contributed by atoms with Crippen LogP contribution in [-0.2, 0) is 0 Å². The number of nitrogens with zero attached hydrogens (tertiary/aromatic N) is 1. The number of carbonyl (C=O) groups is 1. The summed E-state index contributed by atoms with van der Waals surface area (Å²) in [6.07, 6.45) is 6.89. The van der Waals surface area contributed by atoms with Gasteiger partial charge in [-0.3, -0.25) is 0 Å². The summed E-state index contributed by atoms with van der Waals surface area (Å²) in [5, 5.41) is 4.15. The average Bonchev–Trinajstić information content (AvgIpc) is 2.65. The molecular formula is C12H19N3O. The Balaban J connectivity index is 2.22. The quantitative estimate of drug-likeness (QED) is 0.517. The largest absolute Gasteiger partial charge is 0.350 e. The summed E-state index contributed by atoms with van der Waals surface area (Å²) in [5.74, 6) is 0.725. The van der Waals surface area contributed by atoms with E-state index >= 15 is 0 Å². The van der Waals surface area contributed by atoms with Crippen LogP contribution in [0.15, 0.2) is 16.8 Å². The van der Waals surface area contributed by atoms with E-state index < -0.39 is 6.03 Å². The van der Waals surface area contributed by atoms with Gasteiger partial charge in [0, 0.05) is 11.1 Å². The van der Waals surface area contributed by atoms with Crippen molar-refractivity contribution < 1.29 is 4.79 Å². The van der Waals surface area contributed by atoms with Gasteiger partial charge in [-0.15, -0.1) is 0 Å². The minimum atomic E-state index is -0.592. The molecule has 2 amide bonds. The van der Waals surface area contributed by atoms with Gasteiger partial charge in [0.05, 0.1) is 0 Å². The van der Waals surface area contributed by atoms with Crippen molar-refractivity contribution in [1.29, 1.82) is 0 Å². The van der Waals surface area contributed by atoms with Crippen LogP contribution in [0.3, 0.4) is 0 Å². The molecular weight excluding hydrogens is 202 g/mol. The maximum absolute atomic E-state index is 10.7. The third kappa shape index (κ3) is 1.84. The Kier molecular flexibility index (Phi) is 2.74. The normalized spacial score (nSPS) is 29.8. The molecule has 2 aliphatic carbocycles. The summed E-state index contributed by atoms with van der Waals surface area (Å²) < 4.78 is 0. The summed E-state index contributed by atoms with van der Waals surface area (Å²) in [5.41, 5.74) is 9.88.